The van der Waals surface area contributed by atoms with Gasteiger partial charge >= 0.3 is 5.69 Å². The van der Waals surface area contributed by atoms with Crippen molar-refractivity contribution in [2.45, 2.75) is 30.5 Å². The van der Waals surface area contributed by atoms with Crippen LogP contribution in [0.3, 0.4) is 0 Å². The molecule has 20 heavy (non-hydrogen) atoms. The molecule has 1 aliphatic heterocycles. The fraction of sp³-hybridized carbons (Fsp3) is 0.600. The highest BCUT2D eigenvalue weighted by Gasteiger charge is 2.61. The van der Waals surface area contributed by atoms with Gasteiger partial charge in [0.1, 0.15) is 11.9 Å². The zero-order chi connectivity index (χ0) is 15.1. The lowest BCUT2D eigenvalue weighted by atomic mass is 9.97. The number of hydrogen-bond donors (Lipinski definition) is 3. The Balaban J connectivity index is 2.42. The molecule has 2 rings (SSSR count). The van der Waals surface area contributed by atoms with Crippen LogP contribution in [-0.2, 0) is 4.74 Å². The van der Waals surface area contributed by atoms with Crippen LogP contribution in [0.15, 0.2) is 17.1 Å². The summed E-state index contributed by atoms with van der Waals surface area (Å²) in [4.78, 5) is 14.8. The van der Waals surface area contributed by atoms with E-state index < -0.39 is 42.8 Å². The van der Waals surface area contributed by atoms with E-state index >= 15 is 0 Å². The molecule has 0 radical (unpaired) electrons. The van der Waals surface area contributed by atoms with Crippen LogP contribution in [0.1, 0.15) is 6.23 Å². The third kappa shape index (κ3) is 2.05. The van der Waals surface area contributed by atoms with Crippen molar-refractivity contribution >= 4 is 5.82 Å². The average Bonchev–Trinajstić information content (AvgIpc) is 2.64. The first kappa shape index (κ1) is 14.8. The van der Waals surface area contributed by atoms with E-state index in [1.165, 1.54) is 0 Å². The van der Waals surface area contributed by atoms with Crippen molar-refractivity contribution in [1.29, 1.82) is 0 Å². The van der Waals surface area contributed by atoms with Crippen molar-refractivity contribution in [3.05, 3.63) is 22.7 Å². The Bertz CT molecular complexity index is 555. The van der Waals surface area contributed by atoms with E-state index in [0.29, 0.717) is 4.57 Å². The third-order valence-corrected chi connectivity index (χ3v) is 3.16. The minimum Gasteiger partial charge on any atom is -0.393 e. The number of anilines is 1. The molecule has 1 aromatic heterocycles. The molecule has 10 heteroatoms. The molecule has 0 saturated carbocycles. The molecule has 0 unspecified atom stereocenters. The lowest BCUT2D eigenvalue weighted by Gasteiger charge is -2.28. The summed E-state index contributed by atoms with van der Waals surface area (Å²) in [6, 6.07) is 1.14. The number of nitrogens with two attached hydrogens (primary N) is 1. The number of rotatable bonds is 3. The van der Waals surface area contributed by atoms with Gasteiger partial charge in [-0.2, -0.15) is 4.98 Å². The van der Waals surface area contributed by atoms with E-state index in [1.807, 2.05) is 0 Å². The number of alkyl halides is 3. The van der Waals surface area contributed by atoms with E-state index in [2.05, 4.69) is 4.98 Å². The average molecular weight is 295 g/mol. The zero-order valence-corrected chi connectivity index (χ0v) is 9.99. The van der Waals surface area contributed by atoms with Gasteiger partial charge in [0, 0.05) is 6.20 Å². The molecule has 1 saturated heterocycles. The Hall–Kier alpha value is -1.65. The predicted octanol–water partition coefficient (Wildman–Crippen LogP) is -0.950. The fourth-order valence-electron chi connectivity index (χ4n) is 2.00. The number of nitrogen functional groups attached to an aromatic ring is 1. The summed E-state index contributed by atoms with van der Waals surface area (Å²) >= 11 is 0. The zero-order valence-electron chi connectivity index (χ0n) is 9.99. The molecule has 1 fully saturated rings. The normalized spacial score (nSPS) is 33.8. The minimum atomic E-state index is -3.34. The summed E-state index contributed by atoms with van der Waals surface area (Å²) in [5, 5.41) is 18.6. The SMILES string of the molecule is Nc1ccn([C@@H]2O[C@@](CO)(C(F)F)[C@@H](O)[C@H]2F)c(=O)n1. The fourth-order valence-corrected chi connectivity index (χ4v) is 2.00. The summed E-state index contributed by atoms with van der Waals surface area (Å²) in [5.41, 5.74) is 1.44. The van der Waals surface area contributed by atoms with Gasteiger partial charge < -0.3 is 20.7 Å². The first-order chi connectivity index (χ1) is 9.33. The van der Waals surface area contributed by atoms with E-state index in [9.17, 15) is 23.1 Å². The Morgan fingerprint density at radius 2 is 2.25 bits per heavy atom. The molecular weight excluding hydrogens is 283 g/mol. The summed E-state index contributed by atoms with van der Waals surface area (Å²) < 4.78 is 45.2. The number of nitrogens with zero attached hydrogens (tertiary/aromatic N) is 2. The van der Waals surface area contributed by atoms with Crippen molar-refractivity contribution in [3.8, 4) is 0 Å². The molecule has 1 aromatic rings. The summed E-state index contributed by atoms with van der Waals surface area (Å²) in [7, 11) is 0. The molecule has 0 aliphatic carbocycles. The van der Waals surface area contributed by atoms with Gasteiger partial charge in [0.25, 0.3) is 6.43 Å². The maximum atomic E-state index is 14.0. The van der Waals surface area contributed by atoms with Crippen molar-refractivity contribution in [1.82, 2.24) is 9.55 Å². The molecule has 1 aliphatic rings. The largest absolute Gasteiger partial charge is 0.393 e. The molecule has 4 N–H and O–H groups in total. The minimum absolute atomic E-state index is 0.137. The highest BCUT2D eigenvalue weighted by molar-refractivity contribution is 5.23. The van der Waals surface area contributed by atoms with Gasteiger partial charge in [0.05, 0.1) is 6.61 Å². The van der Waals surface area contributed by atoms with E-state index in [1.54, 1.807) is 0 Å². The van der Waals surface area contributed by atoms with Crippen molar-refractivity contribution in [2.24, 2.45) is 0 Å². The smallest absolute Gasteiger partial charge is 0.351 e. The number of aromatic nitrogens is 2. The van der Waals surface area contributed by atoms with Crippen LogP contribution in [0, 0.1) is 0 Å². The van der Waals surface area contributed by atoms with Gasteiger partial charge in [-0.15, -0.1) is 0 Å². The molecule has 2 heterocycles. The quantitative estimate of drug-likeness (QED) is 0.663. The maximum absolute atomic E-state index is 14.0. The van der Waals surface area contributed by atoms with Crippen LogP contribution >= 0.6 is 0 Å². The number of aliphatic hydroxyl groups excluding tert-OH is 2. The van der Waals surface area contributed by atoms with Gasteiger partial charge in [-0.3, -0.25) is 4.57 Å². The Morgan fingerprint density at radius 3 is 2.70 bits per heavy atom. The first-order valence-electron chi connectivity index (χ1n) is 5.57. The summed E-state index contributed by atoms with van der Waals surface area (Å²) in [5.74, 6) is -0.137. The van der Waals surface area contributed by atoms with Crippen LogP contribution in [0.5, 0.6) is 0 Å². The molecule has 0 bridgehead atoms. The Morgan fingerprint density at radius 1 is 1.60 bits per heavy atom. The summed E-state index contributed by atoms with van der Waals surface area (Å²) in [6.45, 7) is -1.31. The molecule has 0 aromatic carbocycles. The van der Waals surface area contributed by atoms with Crippen molar-refractivity contribution in [2.75, 3.05) is 12.3 Å². The molecule has 7 nitrogen and oxygen atoms in total. The van der Waals surface area contributed by atoms with Crippen LogP contribution < -0.4 is 11.4 Å². The third-order valence-electron chi connectivity index (χ3n) is 3.16. The topological polar surface area (TPSA) is 111 Å². The molecule has 0 amide bonds. The van der Waals surface area contributed by atoms with Crippen LogP contribution in [0.4, 0.5) is 19.0 Å². The van der Waals surface area contributed by atoms with Crippen LogP contribution in [0.25, 0.3) is 0 Å². The molecule has 4 atom stereocenters. The predicted molar refractivity (Wildman–Crippen MR) is 59.8 cm³/mol. The van der Waals surface area contributed by atoms with Gasteiger partial charge in [-0.1, -0.05) is 0 Å². The molecular formula is C10H12F3N3O4. The van der Waals surface area contributed by atoms with E-state index in [0.717, 1.165) is 12.3 Å². The second-order valence-electron chi connectivity index (χ2n) is 4.35. The van der Waals surface area contributed by atoms with Gasteiger partial charge in [0.2, 0.25) is 0 Å². The monoisotopic (exact) mass is 295 g/mol. The maximum Gasteiger partial charge on any atom is 0.351 e. The second kappa shape index (κ2) is 5.04. The highest BCUT2D eigenvalue weighted by Crippen LogP contribution is 2.41. The van der Waals surface area contributed by atoms with Crippen molar-refractivity contribution in [3.63, 3.8) is 0 Å². The van der Waals surface area contributed by atoms with Gasteiger partial charge in [-0.25, -0.2) is 18.0 Å². The number of hydrogen-bond acceptors (Lipinski definition) is 6. The lowest BCUT2D eigenvalue weighted by Crippen LogP contribution is -2.51. The Kier molecular flexibility index (Phi) is 3.71. The standard InChI is InChI=1S/C10H12F3N3O4/c11-5-6(18)10(3-17,8(12)13)20-7(5)16-2-1-4(14)15-9(16)19/h1-2,5-8,17-18H,3H2,(H2,14,15,19)/t5-,6+,7-,10-/m1/s1. The second-order valence-corrected chi connectivity index (χ2v) is 4.35. The summed E-state index contributed by atoms with van der Waals surface area (Å²) in [6.07, 6.45) is -8.79. The van der Waals surface area contributed by atoms with E-state index in [-0.39, 0.29) is 5.82 Å². The number of halogens is 3. The molecule has 112 valence electrons. The van der Waals surface area contributed by atoms with E-state index in [4.69, 9.17) is 15.6 Å². The molecule has 0 spiro atoms. The number of ether oxygens (including phenoxy) is 1. The van der Waals surface area contributed by atoms with Crippen LogP contribution in [0.2, 0.25) is 0 Å². The number of aliphatic hydroxyl groups is 2. The van der Waals surface area contributed by atoms with Crippen LogP contribution in [-0.4, -0.2) is 50.7 Å². The highest BCUT2D eigenvalue weighted by atomic mass is 19.3. The first-order valence-corrected chi connectivity index (χ1v) is 5.57. The van der Waals surface area contributed by atoms with Gasteiger partial charge in [-0.05, 0) is 6.07 Å². The lowest BCUT2D eigenvalue weighted by molar-refractivity contribution is -0.195. The van der Waals surface area contributed by atoms with Gasteiger partial charge in [0.15, 0.2) is 18.0 Å². The Labute approximate surface area is 110 Å². The van der Waals surface area contributed by atoms with Crippen molar-refractivity contribution < 1.29 is 28.1 Å².